The topological polar surface area (TPSA) is 55.4 Å². The first-order chi connectivity index (χ1) is 11.5. The molecular weight excluding hydrogens is 322 g/mol. The van der Waals surface area contributed by atoms with Gasteiger partial charge in [0, 0.05) is 12.1 Å². The summed E-state index contributed by atoms with van der Waals surface area (Å²) in [6.45, 7) is 2.59. The second kappa shape index (κ2) is 7.36. The minimum atomic E-state index is -2.86. The van der Waals surface area contributed by atoms with E-state index >= 15 is 0 Å². The molecule has 2 aromatic rings. The molecule has 5 heteroatoms. The molecular formula is C19H23NO3S. The van der Waals surface area contributed by atoms with Gasteiger partial charge in [-0.25, -0.2) is 8.42 Å². The molecule has 2 unspecified atom stereocenters. The van der Waals surface area contributed by atoms with Gasteiger partial charge >= 0.3 is 0 Å². The van der Waals surface area contributed by atoms with E-state index < -0.39 is 9.84 Å². The Labute approximate surface area is 143 Å². The predicted molar refractivity (Wildman–Crippen MR) is 95.8 cm³/mol. The largest absolute Gasteiger partial charge is 0.489 e. The van der Waals surface area contributed by atoms with Crippen LogP contribution in [0.15, 0.2) is 54.6 Å². The van der Waals surface area contributed by atoms with Crippen molar-refractivity contribution in [3.05, 3.63) is 65.7 Å². The van der Waals surface area contributed by atoms with Crippen molar-refractivity contribution in [3.63, 3.8) is 0 Å². The van der Waals surface area contributed by atoms with Gasteiger partial charge in [0.1, 0.15) is 12.4 Å². The summed E-state index contributed by atoms with van der Waals surface area (Å²) < 4.78 is 29.0. The van der Waals surface area contributed by atoms with Crippen molar-refractivity contribution < 1.29 is 13.2 Å². The molecule has 3 rings (SSSR count). The monoisotopic (exact) mass is 345 g/mol. The zero-order valence-corrected chi connectivity index (χ0v) is 14.6. The normalized spacial score (nSPS) is 20.6. The SMILES string of the molecule is CC(NC1CCS(=O)(=O)C1)c1cccc(OCc2ccccc2)c1. The quantitative estimate of drug-likeness (QED) is 0.874. The van der Waals surface area contributed by atoms with E-state index in [0.717, 1.165) is 16.9 Å². The molecule has 0 spiro atoms. The van der Waals surface area contributed by atoms with Crippen molar-refractivity contribution in [2.75, 3.05) is 11.5 Å². The van der Waals surface area contributed by atoms with E-state index in [0.29, 0.717) is 13.0 Å². The Hall–Kier alpha value is -1.85. The fourth-order valence-corrected chi connectivity index (χ4v) is 4.68. The average molecular weight is 345 g/mol. The van der Waals surface area contributed by atoms with E-state index in [1.165, 1.54) is 0 Å². The van der Waals surface area contributed by atoms with Gasteiger partial charge in [-0.2, -0.15) is 0 Å². The van der Waals surface area contributed by atoms with Crippen molar-refractivity contribution in [1.82, 2.24) is 5.32 Å². The van der Waals surface area contributed by atoms with Gasteiger partial charge in [-0.1, -0.05) is 42.5 Å². The lowest BCUT2D eigenvalue weighted by molar-refractivity contribution is 0.305. The van der Waals surface area contributed by atoms with E-state index in [1.807, 2.05) is 54.6 Å². The number of nitrogens with one attached hydrogen (secondary N) is 1. The Morgan fingerprint density at radius 1 is 1.17 bits per heavy atom. The Morgan fingerprint density at radius 3 is 2.67 bits per heavy atom. The molecule has 0 bridgehead atoms. The molecule has 24 heavy (non-hydrogen) atoms. The highest BCUT2D eigenvalue weighted by atomic mass is 32.2. The molecule has 1 aliphatic heterocycles. The fourth-order valence-electron chi connectivity index (χ4n) is 2.99. The number of sulfone groups is 1. The molecule has 1 fully saturated rings. The number of hydrogen-bond donors (Lipinski definition) is 1. The van der Waals surface area contributed by atoms with Gasteiger partial charge in [0.25, 0.3) is 0 Å². The number of hydrogen-bond acceptors (Lipinski definition) is 4. The van der Waals surface area contributed by atoms with E-state index in [1.54, 1.807) is 0 Å². The zero-order valence-electron chi connectivity index (χ0n) is 13.8. The summed E-state index contributed by atoms with van der Waals surface area (Å²) in [6, 6.07) is 18.2. The first-order valence-corrected chi connectivity index (χ1v) is 10.1. The molecule has 2 atom stereocenters. The van der Waals surface area contributed by atoms with Crippen LogP contribution in [0.1, 0.15) is 30.5 Å². The van der Waals surface area contributed by atoms with Crippen LogP contribution in [-0.2, 0) is 16.4 Å². The first-order valence-electron chi connectivity index (χ1n) is 8.25. The van der Waals surface area contributed by atoms with Crippen LogP contribution >= 0.6 is 0 Å². The van der Waals surface area contributed by atoms with Crippen LogP contribution in [0.2, 0.25) is 0 Å². The van der Waals surface area contributed by atoms with Gasteiger partial charge in [0.2, 0.25) is 0 Å². The first kappa shape index (κ1) is 17.0. The van der Waals surface area contributed by atoms with E-state index in [9.17, 15) is 8.42 Å². The highest BCUT2D eigenvalue weighted by Gasteiger charge is 2.28. The van der Waals surface area contributed by atoms with Crippen molar-refractivity contribution in [2.24, 2.45) is 0 Å². The molecule has 2 aromatic carbocycles. The van der Waals surface area contributed by atoms with Crippen LogP contribution in [0.3, 0.4) is 0 Å². The maximum atomic E-state index is 11.6. The highest BCUT2D eigenvalue weighted by Crippen LogP contribution is 2.22. The zero-order chi connectivity index (χ0) is 17.0. The molecule has 4 nitrogen and oxygen atoms in total. The summed E-state index contributed by atoms with van der Waals surface area (Å²) in [5, 5.41) is 3.42. The van der Waals surface area contributed by atoms with Crippen LogP contribution in [0.5, 0.6) is 5.75 Å². The second-order valence-electron chi connectivity index (χ2n) is 6.34. The Morgan fingerprint density at radius 2 is 1.96 bits per heavy atom. The van der Waals surface area contributed by atoms with Crippen molar-refractivity contribution in [3.8, 4) is 5.75 Å². The van der Waals surface area contributed by atoms with E-state index in [4.69, 9.17) is 4.74 Å². The molecule has 1 saturated heterocycles. The minimum absolute atomic E-state index is 0.0406. The molecule has 0 radical (unpaired) electrons. The minimum Gasteiger partial charge on any atom is -0.489 e. The summed E-state index contributed by atoms with van der Waals surface area (Å²) in [4.78, 5) is 0. The third kappa shape index (κ3) is 4.58. The second-order valence-corrected chi connectivity index (χ2v) is 8.56. The Kier molecular flexibility index (Phi) is 5.21. The predicted octanol–water partition coefficient (Wildman–Crippen LogP) is 3.10. The lowest BCUT2D eigenvalue weighted by Gasteiger charge is -2.19. The Balaban J connectivity index is 1.60. The maximum absolute atomic E-state index is 11.6. The molecule has 0 aromatic heterocycles. The smallest absolute Gasteiger partial charge is 0.151 e. The number of ether oxygens (including phenoxy) is 1. The van der Waals surface area contributed by atoms with Gasteiger partial charge < -0.3 is 10.1 Å². The molecule has 1 heterocycles. The van der Waals surface area contributed by atoms with Crippen molar-refractivity contribution in [1.29, 1.82) is 0 Å². The lowest BCUT2D eigenvalue weighted by atomic mass is 10.1. The van der Waals surface area contributed by atoms with Crippen LogP contribution < -0.4 is 10.1 Å². The van der Waals surface area contributed by atoms with E-state index in [2.05, 4.69) is 12.2 Å². The highest BCUT2D eigenvalue weighted by molar-refractivity contribution is 7.91. The molecule has 1 N–H and O–H groups in total. The summed E-state index contributed by atoms with van der Waals surface area (Å²) in [7, 11) is -2.86. The summed E-state index contributed by atoms with van der Waals surface area (Å²) in [5.41, 5.74) is 2.23. The van der Waals surface area contributed by atoms with Crippen LogP contribution in [0, 0.1) is 0 Å². The summed E-state index contributed by atoms with van der Waals surface area (Å²) >= 11 is 0. The third-order valence-electron chi connectivity index (χ3n) is 4.32. The van der Waals surface area contributed by atoms with Gasteiger partial charge in [0.15, 0.2) is 9.84 Å². The average Bonchev–Trinajstić information content (AvgIpc) is 2.93. The van der Waals surface area contributed by atoms with Gasteiger partial charge in [-0.3, -0.25) is 0 Å². The van der Waals surface area contributed by atoms with Gasteiger partial charge in [-0.15, -0.1) is 0 Å². The van der Waals surface area contributed by atoms with Gasteiger partial charge in [-0.05, 0) is 36.6 Å². The molecule has 0 aliphatic carbocycles. The third-order valence-corrected chi connectivity index (χ3v) is 6.09. The summed E-state index contributed by atoms with van der Waals surface area (Å²) in [5.74, 6) is 1.35. The van der Waals surface area contributed by atoms with Crippen molar-refractivity contribution in [2.45, 2.75) is 32.0 Å². The molecule has 1 aliphatic rings. The number of benzene rings is 2. The van der Waals surface area contributed by atoms with Crippen LogP contribution in [0.4, 0.5) is 0 Å². The maximum Gasteiger partial charge on any atom is 0.151 e. The van der Waals surface area contributed by atoms with Crippen LogP contribution in [-0.4, -0.2) is 26.0 Å². The van der Waals surface area contributed by atoms with Crippen molar-refractivity contribution >= 4 is 9.84 Å². The number of rotatable bonds is 6. The fraction of sp³-hybridized carbons (Fsp3) is 0.368. The standard InChI is InChI=1S/C19H23NO3S/c1-15(20-18-10-11-24(21,22)14-18)17-8-5-9-19(12-17)23-13-16-6-3-2-4-7-16/h2-9,12,15,18,20H,10-11,13-14H2,1H3. The van der Waals surface area contributed by atoms with Crippen LogP contribution in [0.25, 0.3) is 0 Å². The lowest BCUT2D eigenvalue weighted by Crippen LogP contribution is -2.32. The molecule has 0 saturated carbocycles. The molecule has 0 amide bonds. The van der Waals surface area contributed by atoms with Gasteiger partial charge in [0.05, 0.1) is 11.5 Å². The van der Waals surface area contributed by atoms with E-state index in [-0.39, 0.29) is 23.6 Å². The summed E-state index contributed by atoms with van der Waals surface area (Å²) in [6.07, 6.45) is 0.691. The Bertz CT molecular complexity index is 774. The molecule has 128 valence electrons.